The summed E-state index contributed by atoms with van der Waals surface area (Å²) in [5, 5.41) is 4.35. The Hall–Kier alpha value is -3.99. The van der Waals surface area contributed by atoms with Gasteiger partial charge in [-0.1, -0.05) is 78.9 Å². The molecule has 5 heteroatoms. The number of hydrogen-bond acceptors (Lipinski definition) is 4. The average Bonchev–Trinajstić information content (AvgIpc) is 3.32. The Labute approximate surface area is 180 Å². The number of benzene rings is 3. The zero-order valence-corrected chi connectivity index (χ0v) is 16.9. The maximum absolute atomic E-state index is 13.0. The molecule has 0 N–H and O–H groups in total. The molecule has 1 heterocycles. The fourth-order valence-electron chi connectivity index (χ4n) is 3.30. The van der Waals surface area contributed by atoms with Crippen LogP contribution in [0, 0.1) is 0 Å². The number of hydrogen-bond donors (Lipinski definition) is 0. The van der Waals surface area contributed by atoms with E-state index in [1.807, 2.05) is 60.8 Å². The van der Waals surface area contributed by atoms with Crippen molar-refractivity contribution >= 4 is 11.8 Å². The number of rotatable bonds is 8. The highest BCUT2D eigenvalue weighted by molar-refractivity contribution is 6.00. The van der Waals surface area contributed by atoms with E-state index in [4.69, 9.17) is 4.74 Å². The minimum atomic E-state index is -0.969. The summed E-state index contributed by atoms with van der Waals surface area (Å²) < 4.78 is 7.42. The van der Waals surface area contributed by atoms with Gasteiger partial charge in [-0.2, -0.15) is 5.10 Å². The molecule has 31 heavy (non-hydrogen) atoms. The third-order valence-electron chi connectivity index (χ3n) is 4.92. The number of carbonyl (C=O) groups is 2. The van der Waals surface area contributed by atoms with E-state index in [1.54, 1.807) is 47.3 Å². The van der Waals surface area contributed by atoms with Crippen LogP contribution in [-0.2, 0) is 16.0 Å². The summed E-state index contributed by atoms with van der Waals surface area (Å²) in [6, 6.07) is 27.7. The molecule has 1 atom stereocenters. The maximum Gasteiger partial charge on any atom is 0.307 e. The van der Waals surface area contributed by atoms with Gasteiger partial charge < -0.3 is 4.74 Å². The van der Waals surface area contributed by atoms with Crippen molar-refractivity contribution in [3.8, 4) is 5.69 Å². The van der Waals surface area contributed by atoms with Gasteiger partial charge in [0.05, 0.1) is 11.9 Å². The molecule has 1 aromatic heterocycles. The van der Waals surface area contributed by atoms with E-state index in [9.17, 15) is 9.59 Å². The molecule has 0 aliphatic heterocycles. The molecule has 0 aliphatic rings. The monoisotopic (exact) mass is 410 g/mol. The highest BCUT2D eigenvalue weighted by Gasteiger charge is 2.26. The zero-order chi connectivity index (χ0) is 21.5. The van der Waals surface area contributed by atoms with Gasteiger partial charge in [0.15, 0.2) is 6.10 Å². The standard InChI is InChI=1S/C26H22N2O3/c29-24(17-16-20-18-27-28(19-20)23-14-8-3-9-15-23)31-26(22-12-6-2-7-13-22)25(30)21-10-4-1-5-11-21/h1-15,18-19,26H,16-17H2. The quantitative estimate of drug-likeness (QED) is 0.304. The SMILES string of the molecule is O=C(CCc1cnn(-c2ccccc2)c1)OC(C(=O)c1ccccc1)c1ccccc1. The molecule has 0 aliphatic carbocycles. The summed E-state index contributed by atoms with van der Waals surface area (Å²) in [7, 11) is 0. The molecule has 0 fully saturated rings. The number of nitrogens with zero attached hydrogens (tertiary/aromatic N) is 2. The van der Waals surface area contributed by atoms with Crippen molar-refractivity contribution < 1.29 is 14.3 Å². The smallest absolute Gasteiger partial charge is 0.307 e. The highest BCUT2D eigenvalue weighted by atomic mass is 16.5. The molecule has 5 nitrogen and oxygen atoms in total. The molecule has 0 saturated carbocycles. The first-order valence-corrected chi connectivity index (χ1v) is 10.1. The molecule has 0 saturated heterocycles. The van der Waals surface area contributed by atoms with Crippen molar-refractivity contribution in [2.45, 2.75) is 18.9 Å². The molecular formula is C26H22N2O3. The van der Waals surface area contributed by atoms with Crippen molar-refractivity contribution in [3.63, 3.8) is 0 Å². The lowest BCUT2D eigenvalue weighted by molar-refractivity contribution is -0.147. The molecule has 3 aromatic carbocycles. The minimum Gasteiger partial charge on any atom is -0.449 e. The van der Waals surface area contributed by atoms with Crippen LogP contribution in [0.1, 0.15) is 34.0 Å². The lowest BCUT2D eigenvalue weighted by Crippen LogP contribution is -2.20. The van der Waals surface area contributed by atoms with Gasteiger partial charge in [0.1, 0.15) is 0 Å². The second-order valence-electron chi connectivity index (χ2n) is 7.14. The van der Waals surface area contributed by atoms with Gasteiger partial charge in [-0.05, 0) is 24.1 Å². The van der Waals surface area contributed by atoms with Crippen LogP contribution in [0.25, 0.3) is 5.69 Å². The highest BCUT2D eigenvalue weighted by Crippen LogP contribution is 2.23. The van der Waals surface area contributed by atoms with Crippen molar-refractivity contribution in [3.05, 3.63) is 120 Å². The predicted molar refractivity (Wildman–Crippen MR) is 118 cm³/mol. The van der Waals surface area contributed by atoms with Gasteiger partial charge in [-0.3, -0.25) is 9.59 Å². The molecule has 154 valence electrons. The Kier molecular flexibility index (Phi) is 6.33. The van der Waals surface area contributed by atoms with Crippen LogP contribution >= 0.6 is 0 Å². The Morgan fingerprint density at radius 1 is 0.839 bits per heavy atom. The molecular weight excluding hydrogens is 388 g/mol. The van der Waals surface area contributed by atoms with Gasteiger partial charge in [0, 0.05) is 23.7 Å². The molecule has 0 spiro atoms. The van der Waals surface area contributed by atoms with Gasteiger partial charge in [0.2, 0.25) is 5.78 Å². The van der Waals surface area contributed by atoms with Crippen LogP contribution in [0.5, 0.6) is 0 Å². The first-order chi connectivity index (χ1) is 15.2. The topological polar surface area (TPSA) is 61.2 Å². The largest absolute Gasteiger partial charge is 0.449 e. The normalized spacial score (nSPS) is 11.6. The van der Waals surface area contributed by atoms with Crippen molar-refractivity contribution in [2.75, 3.05) is 0 Å². The van der Waals surface area contributed by atoms with Crippen LogP contribution in [0.15, 0.2) is 103 Å². The van der Waals surface area contributed by atoms with Crippen molar-refractivity contribution in [2.24, 2.45) is 0 Å². The lowest BCUT2D eigenvalue weighted by atomic mass is 10.00. The molecule has 0 bridgehead atoms. The number of ketones is 1. The van der Waals surface area contributed by atoms with E-state index in [0.29, 0.717) is 17.5 Å². The summed E-state index contributed by atoms with van der Waals surface area (Å²) in [6.07, 6.45) is 3.30. The van der Waals surface area contributed by atoms with E-state index >= 15 is 0 Å². The second kappa shape index (κ2) is 9.67. The summed E-state index contributed by atoms with van der Waals surface area (Å²) in [5.41, 5.74) is 3.04. The molecule has 4 aromatic rings. The molecule has 0 amide bonds. The average molecular weight is 410 g/mol. The fraction of sp³-hybridized carbons (Fsp3) is 0.115. The Morgan fingerprint density at radius 2 is 1.45 bits per heavy atom. The Morgan fingerprint density at radius 3 is 2.13 bits per heavy atom. The Balaban J connectivity index is 1.43. The van der Waals surface area contributed by atoms with Gasteiger partial charge in [0.25, 0.3) is 0 Å². The van der Waals surface area contributed by atoms with E-state index in [1.165, 1.54) is 0 Å². The van der Waals surface area contributed by atoms with Crippen LogP contribution < -0.4 is 0 Å². The second-order valence-corrected chi connectivity index (χ2v) is 7.14. The number of esters is 1. The number of ether oxygens (including phenoxy) is 1. The molecule has 4 rings (SSSR count). The number of para-hydroxylation sites is 1. The third kappa shape index (κ3) is 5.14. The van der Waals surface area contributed by atoms with E-state index < -0.39 is 12.1 Å². The van der Waals surface area contributed by atoms with E-state index in [0.717, 1.165) is 11.3 Å². The first kappa shape index (κ1) is 20.3. The van der Waals surface area contributed by atoms with Gasteiger partial charge in [-0.25, -0.2) is 4.68 Å². The number of carbonyl (C=O) groups excluding carboxylic acids is 2. The summed E-state index contributed by atoms with van der Waals surface area (Å²) in [5.74, 6) is -0.664. The van der Waals surface area contributed by atoms with Crippen LogP contribution in [0.3, 0.4) is 0 Å². The molecule has 0 radical (unpaired) electrons. The van der Waals surface area contributed by atoms with Gasteiger partial charge >= 0.3 is 5.97 Å². The summed E-state index contributed by atoms with van der Waals surface area (Å²) in [6.45, 7) is 0. The lowest BCUT2D eigenvalue weighted by Gasteiger charge is -2.17. The zero-order valence-electron chi connectivity index (χ0n) is 16.9. The number of aryl methyl sites for hydroxylation is 1. The van der Waals surface area contributed by atoms with E-state index in [-0.39, 0.29) is 12.2 Å². The van der Waals surface area contributed by atoms with Gasteiger partial charge in [-0.15, -0.1) is 0 Å². The van der Waals surface area contributed by atoms with Crippen LogP contribution in [0.2, 0.25) is 0 Å². The van der Waals surface area contributed by atoms with Crippen LogP contribution in [-0.4, -0.2) is 21.5 Å². The fourth-order valence-corrected chi connectivity index (χ4v) is 3.30. The maximum atomic E-state index is 13.0. The van der Waals surface area contributed by atoms with Crippen LogP contribution in [0.4, 0.5) is 0 Å². The molecule has 1 unspecified atom stereocenters. The predicted octanol–water partition coefficient (Wildman–Crippen LogP) is 4.97. The third-order valence-corrected chi connectivity index (χ3v) is 4.92. The minimum absolute atomic E-state index is 0.159. The number of aromatic nitrogens is 2. The first-order valence-electron chi connectivity index (χ1n) is 10.1. The number of Topliss-reactive ketones (excluding diaryl/α,β-unsaturated/α-hetero) is 1. The Bertz CT molecular complexity index is 1140. The van der Waals surface area contributed by atoms with Crippen molar-refractivity contribution in [1.82, 2.24) is 9.78 Å². The summed E-state index contributed by atoms with van der Waals surface area (Å²) >= 11 is 0. The summed E-state index contributed by atoms with van der Waals surface area (Å²) in [4.78, 5) is 25.6. The van der Waals surface area contributed by atoms with Crippen molar-refractivity contribution in [1.29, 1.82) is 0 Å². The van der Waals surface area contributed by atoms with E-state index in [2.05, 4.69) is 5.10 Å².